The topological polar surface area (TPSA) is 96.3 Å². The first-order valence-corrected chi connectivity index (χ1v) is 13.3. The number of benzene rings is 2. The zero-order chi connectivity index (χ0) is 22.6. The van der Waals surface area contributed by atoms with Crippen LogP contribution in [0, 0.1) is 6.92 Å². The van der Waals surface area contributed by atoms with Crippen LogP contribution in [-0.4, -0.2) is 30.7 Å². The molecule has 1 heterocycles. The van der Waals surface area contributed by atoms with Crippen LogP contribution in [0.5, 0.6) is 0 Å². The maximum atomic E-state index is 12.7. The Balaban J connectivity index is 1.79. The SMILES string of the molecule is Cc1ccccc1S(=O)(=O)N=S(C)c1ccc(Nc2ncc(Br)c(NC(C)C)n2)cc1. The van der Waals surface area contributed by atoms with Crippen molar-refractivity contribution in [3.63, 3.8) is 0 Å². The average Bonchev–Trinajstić information content (AvgIpc) is 2.70. The molecule has 3 rings (SSSR count). The summed E-state index contributed by atoms with van der Waals surface area (Å²) >= 11 is 3.44. The first-order chi connectivity index (χ1) is 14.7. The lowest BCUT2D eigenvalue weighted by molar-refractivity contribution is 0.598. The molecule has 0 bridgehead atoms. The maximum absolute atomic E-state index is 12.7. The number of aromatic nitrogens is 2. The number of nitrogens with zero attached hydrogens (tertiary/aromatic N) is 3. The van der Waals surface area contributed by atoms with Crippen molar-refractivity contribution in [2.45, 2.75) is 36.6 Å². The van der Waals surface area contributed by atoms with Crippen molar-refractivity contribution in [3.8, 4) is 0 Å². The Bertz CT molecular complexity index is 1210. The van der Waals surface area contributed by atoms with Crippen LogP contribution >= 0.6 is 15.9 Å². The van der Waals surface area contributed by atoms with Gasteiger partial charge < -0.3 is 10.6 Å². The van der Waals surface area contributed by atoms with Crippen LogP contribution in [0.3, 0.4) is 0 Å². The quantitative estimate of drug-likeness (QED) is 0.438. The molecule has 0 aliphatic heterocycles. The fourth-order valence-corrected chi connectivity index (χ4v) is 6.15. The smallest absolute Gasteiger partial charge is 0.288 e. The van der Waals surface area contributed by atoms with E-state index in [2.05, 4.69) is 40.3 Å². The second-order valence-electron chi connectivity index (χ2n) is 7.13. The van der Waals surface area contributed by atoms with Crippen molar-refractivity contribution in [3.05, 3.63) is 64.8 Å². The zero-order valence-electron chi connectivity index (χ0n) is 17.6. The van der Waals surface area contributed by atoms with Gasteiger partial charge in [0.2, 0.25) is 5.95 Å². The van der Waals surface area contributed by atoms with Crippen molar-refractivity contribution < 1.29 is 8.42 Å². The lowest BCUT2D eigenvalue weighted by Crippen LogP contribution is -2.12. The molecule has 2 aromatic carbocycles. The molecule has 0 saturated carbocycles. The zero-order valence-corrected chi connectivity index (χ0v) is 20.8. The molecule has 0 aliphatic carbocycles. The van der Waals surface area contributed by atoms with Gasteiger partial charge in [0.25, 0.3) is 10.0 Å². The van der Waals surface area contributed by atoms with Crippen molar-refractivity contribution >= 4 is 54.1 Å². The second kappa shape index (κ2) is 9.88. The monoisotopic (exact) mass is 521 g/mol. The molecule has 0 spiro atoms. The largest absolute Gasteiger partial charge is 0.367 e. The third-order valence-electron chi connectivity index (χ3n) is 4.20. The minimum Gasteiger partial charge on any atom is -0.367 e. The minimum atomic E-state index is -3.73. The summed E-state index contributed by atoms with van der Waals surface area (Å²) in [4.78, 5) is 9.83. The first kappa shape index (κ1) is 23.4. The summed E-state index contributed by atoms with van der Waals surface area (Å²) in [7, 11) is -4.54. The highest BCUT2D eigenvalue weighted by Crippen LogP contribution is 2.24. The molecular weight excluding hydrogens is 498 g/mol. The number of anilines is 3. The molecule has 0 saturated heterocycles. The van der Waals surface area contributed by atoms with Crippen LogP contribution in [-0.2, 0) is 20.7 Å². The molecule has 2 N–H and O–H groups in total. The Morgan fingerprint density at radius 1 is 1.10 bits per heavy atom. The standard InChI is InChI=1S/C21H24BrN5O2S2/c1-14(2)24-20-18(22)13-23-21(26-20)25-16-9-11-17(12-10-16)30(4)27-31(28,29)19-8-6-5-7-15(19)3/h5-14H,1-4H3,(H2,23,24,25,26). The lowest BCUT2D eigenvalue weighted by atomic mass is 10.2. The van der Waals surface area contributed by atoms with Gasteiger partial charge in [0.1, 0.15) is 5.82 Å². The molecule has 1 atom stereocenters. The van der Waals surface area contributed by atoms with E-state index in [0.717, 1.165) is 15.1 Å². The predicted octanol–water partition coefficient (Wildman–Crippen LogP) is 5.29. The third kappa shape index (κ3) is 6.11. The van der Waals surface area contributed by atoms with Crippen molar-refractivity contribution in [2.24, 2.45) is 3.77 Å². The molecule has 0 aliphatic rings. The molecule has 164 valence electrons. The van der Waals surface area contributed by atoms with Crippen LogP contribution in [0.4, 0.5) is 17.5 Å². The van der Waals surface area contributed by atoms with Crippen LogP contribution in [0.2, 0.25) is 0 Å². The molecule has 7 nitrogen and oxygen atoms in total. The van der Waals surface area contributed by atoms with E-state index in [-0.39, 0.29) is 10.9 Å². The molecular formula is C21H24BrN5O2S2. The number of sulfonamides is 1. The Kier molecular flexibility index (Phi) is 7.45. The first-order valence-electron chi connectivity index (χ1n) is 9.51. The summed E-state index contributed by atoms with van der Waals surface area (Å²) < 4.78 is 30.3. The lowest BCUT2D eigenvalue weighted by Gasteiger charge is -2.12. The van der Waals surface area contributed by atoms with E-state index in [9.17, 15) is 8.42 Å². The highest BCUT2D eigenvalue weighted by Gasteiger charge is 2.16. The van der Waals surface area contributed by atoms with E-state index in [1.165, 1.54) is 0 Å². The van der Waals surface area contributed by atoms with Gasteiger partial charge in [-0.15, -0.1) is 3.77 Å². The van der Waals surface area contributed by atoms with Gasteiger partial charge in [0, 0.05) is 22.8 Å². The van der Waals surface area contributed by atoms with Gasteiger partial charge in [-0.3, -0.25) is 0 Å². The predicted molar refractivity (Wildman–Crippen MR) is 131 cm³/mol. The molecule has 1 unspecified atom stereocenters. The van der Waals surface area contributed by atoms with E-state index in [1.807, 2.05) is 44.2 Å². The molecule has 0 fully saturated rings. The maximum Gasteiger partial charge on any atom is 0.288 e. The van der Waals surface area contributed by atoms with E-state index < -0.39 is 20.7 Å². The number of hydrogen-bond acceptors (Lipinski definition) is 6. The molecule has 3 aromatic rings. The number of hydrogen-bond donors (Lipinski definition) is 2. The third-order valence-corrected chi connectivity index (χ3v) is 8.43. The number of nitrogens with one attached hydrogen (secondary N) is 2. The van der Waals surface area contributed by atoms with Crippen molar-refractivity contribution in [2.75, 3.05) is 16.9 Å². The normalized spacial score (nSPS) is 12.7. The Hall–Kier alpha value is -2.30. The van der Waals surface area contributed by atoms with Crippen molar-refractivity contribution in [1.82, 2.24) is 9.97 Å². The fourth-order valence-electron chi connectivity index (χ4n) is 2.74. The van der Waals surface area contributed by atoms with Crippen LogP contribution in [0.1, 0.15) is 19.4 Å². The van der Waals surface area contributed by atoms with Crippen molar-refractivity contribution in [1.29, 1.82) is 0 Å². The molecule has 1 aromatic heterocycles. The van der Waals surface area contributed by atoms with Crippen LogP contribution in [0.25, 0.3) is 0 Å². The Morgan fingerprint density at radius 3 is 2.42 bits per heavy atom. The van der Waals surface area contributed by atoms with E-state index in [1.54, 1.807) is 37.6 Å². The minimum absolute atomic E-state index is 0.237. The summed E-state index contributed by atoms with van der Waals surface area (Å²) in [5.41, 5.74) is 1.48. The summed E-state index contributed by atoms with van der Waals surface area (Å²) in [5.74, 6) is 1.17. The van der Waals surface area contributed by atoms with Gasteiger partial charge in [-0.05, 0) is 78.9 Å². The van der Waals surface area contributed by atoms with Gasteiger partial charge in [-0.2, -0.15) is 13.4 Å². The van der Waals surface area contributed by atoms with Gasteiger partial charge in [-0.25, -0.2) is 4.98 Å². The molecule has 0 radical (unpaired) electrons. The highest BCUT2D eigenvalue weighted by atomic mass is 79.9. The molecule has 10 heteroatoms. The average molecular weight is 522 g/mol. The van der Waals surface area contributed by atoms with Gasteiger partial charge in [0.15, 0.2) is 0 Å². The molecule has 0 amide bonds. The van der Waals surface area contributed by atoms with Gasteiger partial charge in [-0.1, -0.05) is 28.9 Å². The number of halogens is 1. The van der Waals surface area contributed by atoms with Gasteiger partial charge >= 0.3 is 0 Å². The highest BCUT2D eigenvalue weighted by molar-refractivity contribution is 9.10. The van der Waals surface area contributed by atoms with Crippen LogP contribution in [0.15, 0.2) is 72.8 Å². The van der Waals surface area contributed by atoms with E-state index in [0.29, 0.717) is 17.3 Å². The summed E-state index contributed by atoms with van der Waals surface area (Å²) in [6.07, 6.45) is 3.48. The fraction of sp³-hybridized carbons (Fsp3) is 0.238. The number of aryl methyl sites for hydroxylation is 1. The van der Waals surface area contributed by atoms with Gasteiger partial charge in [0.05, 0.1) is 9.37 Å². The Labute approximate surface area is 194 Å². The van der Waals surface area contributed by atoms with E-state index in [4.69, 9.17) is 0 Å². The van der Waals surface area contributed by atoms with Crippen LogP contribution < -0.4 is 10.6 Å². The molecule has 31 heavy (non-hydrogen) atoms. The summed E-state index contributed by atoms with van der Waals surface area (Å²) in [5, 5.41) is 6.42. The second-order valence-corrected chi connectivity index (χ2v) is 11.4. The Morgan fingerprint density at radius 2 is 1.77 bits per heavy atom. The summed E-state index contributed by atoms with van der Waals surface area (Å²) in [6, 6.07) is 14.5. The van der Waals surface area contributed by atoms with E-state index >= 15 is 0 Å². The summed E-state index contributed by atoms with van der Waals surface area (Å²) in [6.45, 7) is 5.84. The number of rotatable bonds is 7.